The molecule has 0 unspecified atom stereocenters. The summed E-state index contributed by atoms with van der Waals surface area (Å²) in [5, 5.41) is 0. The number of hydrogen-bond donors (Lipinski definition) is 2. The number of anilines is 1. The number of hydrogen-bond acceptors (Lipinski definition) is 3. The number of aryl methyl sites for hydroxylation is 1. The molecule has 108 valence electrons. The number of likely N-dealkylation sites (tertiary alicyclic amines) is 1. The maximum Gasteiger partial charge on any atom is 0.326 e. The number of aromatic amines is 1. The first kappa shape index (κ1) is 13.2. The van der Waals surface area contributed by atoms with Crippen LogP contribution in [0, 0.1) is 0 Å². The van der Waals surface area contributed by atoms with Crippen LogP contribution in [0.15, 0.2) is 23.0 Å². The molecular weight excluding hydrogens is 252 g/mol. The van der Waals surface area contributed by atoms with Gasteiger partial charge < -0.3 is 15.6 Å². The summed E-state index contributed by atoms with van der Waals surface area (Å²) in [5.74, 6) is 0. The summed E-state index contributed by atoms with van der Waals surface area (Å²) in [6.45, 7) is 4.42. The van der Waals surface area contributed by atoms with Crippen molar-refractivity contribution < 1.29 is 0 Å². The highest BCUT2D eigenvalue weighted by Crippen LogP contribution is 2.15. The van der Waals surface area contributed by atoms with Crippen molar-refractivity contribution in [3.8, 4) is 0 Å². The molecular formula is C15H22N4O. The average molecular weight is 274 g/mol. The summed E-state index contributed by atoms with van der Waals surface area (Å²) in [7, 11) is 0. The maximum atomic E-state index is 12.0. The highest BCUT2D eigenvalue weighted by atomic mass is 16.1. The van der Waals surface area contributed by atoms with Gasteiger partial charge in [-0.25, -0.2) is 4.79 Å². The summed E-state index contributed by atoms with van der Waals surface area (Å²) in [4.78, 5) is 17.3. The number of unbranched alkanes of at least 4 members (excludes halogenated alkanes) is 1. The molecule has 0 radical (unpaired) electrons. The number of nitrogens with two attached hydrogens (primary N) is 1. The molecule has 2 aromatic rings. The lowest BCUT2D eigenvalue weighted by atomic mass is 10.2. The zero-order valence-corrected chi connectivity index (χ0v) is 11.8. The molecule has 0 spiro atoms. The average Bonchev–Trinajstić information content (AvgIpc) is 3.02. The number of nitrogens with one attached hydrogen (secondary N) is 1. The van der Waals surface area contributed by atoms with Crippen LogP contribution in [0.25, 0.3) is 11.0 Å². The molecule has 1 aliphatic heterocycles. The molecule has 0 atom stereocenters. The van der Waals surface area contributed by atoms with E-state index in [1.807, 2.05) is 22.8 Å². The van der Waals surface area contributed by atoms with E-state index >= 15 is 0 Å². The van der Waals surface area contributed by atoms with Crippen LogP contribution in [0.1, 0.15) is 25.7 Å². The number of nitrogen functional groups attached to an aromatic ring is 1. The van der Waals surface area contributed by atoms with Gasteiger partial charge in [0.05, 0.1) is 11.0 Å². The Labute approximate surface area is 118 Å². The van der Waals surface area contributed by atoms with E-state index in [2.05, 4.69) is 9.88 Å². The quantitative estimate of drug-likeness (QED) is 0.645. The molecule has 3 N–H and O–H groups in total. The van der Waals surface area contributed by atoms with Gasteiger partial charge in [-0.3, -0.25) is 4.57 Å². The van der Waals surface area contributed by atoms with Crippen molar-refractivity contribution in [2.24, 2.45) is 0 Å². The van der Waals surface area contributed by atoms with E-state index in [-0.39, 0.29) is 5.69 Å². The second-order valence-corrected chi connectivity index (χ2v) is 5.61. The fourth-order valence-electron chi connectivity index (χ4n) is 3.01. The van der Waals surface area contributed by atoms with E-state index in [1.54, 1.807) is 0 Å². The minimum atomic E-state index is -0.0354. The monoisotopic (exact) mass is 274 g/mol. The molecule has 5 heteroatoms. The molecule has 1 aromatic heterocycles. The third-order valence-electron chi connectivity index (χ3n) is 4.10. The van der Waals surface area contributed by atoms with Crippen molar-refractivity contribution in [1.29, 1.82) is 0 Å². The SMILES string of the molecule is Nc1ccc2c(c1)[nH]c(=O)n2CCCCN1CCCC1. The number of fused-ring (bicyclic) bond motifs is 1. The van der Waals surface area contributed by atoms with Gasteiger partial charge in [0.25, 0.3) is 0 Å². The number of rotatable bonds is 5. The number of imidazole rings is 1. The van der Waals surface area contributed by atoms with Crippen molar-refractivity contribution in [2.75, 3.05) is 25.4 Å². The highest BCUT2D eigenvalue weighted by Gasteiger charge is 2.11. The summed E-state index contributed by atoms with van der Waals surface area (Å²) in [6, 6.07) is 5.58. The second kappa shape index (κ2) is 5.71. The summed E-state index contributed by atoms with van der Waals surface area (Å²) in [6.07, 6.45) is 4.86. The van der Waals surface area contributed by atoms with Gasteiger partial charge in [0.15, 0.2) is 0 Å². The van der Waals surface area contributed by atoms with Gasteiger partial charge in [0, 0.05) is 12.2 Å². The van der Waals surface area contributed by atoms with Crippen LogP contribution in [0.5, 0.6) is 0 Å². The Morgan fingerprint density at radius 1 is 1.15 bits per heavy atom. The van der Waals surface area contributed by atoms with Gasteiger partial charge in [-0.2, -0.15) is 0 Å². The fraction of sp³-hybridized carbons (Fsp3) is 0.533. The van der Waals surface area contributed by atoms with Crippen LogP contribution in [-0.2, 0) is 6.54 Å². The molecule has 20 heavy (non-hydrogen) atoms. The molecule has 1 aliphatic rings. The predicted octanol–water partition coefficient (Wildman–Crippen LogP) is 1.79. The largest absolute Gasteiger partial charge is 0.399 e. The van der Waals surface area contributed by atoms with Gasteiger partial charge in [0.1, 0.15) is 0 Å². The Kier molecular flexibility index (Phi) is 3.78. The first-order chi connectivity index (χ1) is 9.74. The number of benzene rings is 1. The molecule has 0 bridgehead atoms. The van der Waals surface area contributed by atoms with Gasteiger partial charge >= 0.3 is 5.69 Å². The van der Waals surface area contributed by atoms with Crippen LogP contribution in [0.4, 0.5) is 5.69 Å². The second-order valence-electron chi connectivity index (χ2n) is 5.61. The van der Waals surface area contributed by atoms with Gasteiger partial charge in [-0.05, 0) is 63.5 Å². The normalized spacial score (nSPS) is 16.2. The molecule has 0 amide bonds. The minimum absolute atomic E-state index is 0.0354. The first-order valence-corrected chi connectivity index (χ1v) is 7.44. The van der Waals surface area contributed by atoms with E-state index in [0.29, 0.717) is 5.69 Å². The molecule has 3 rings (SSSR count). The standard InChI is InChI=1S/C15H22N4O/c16-12-5-6-14-13(11-12)17-15(20)19(14)10-4-3-9-18-7-1-2-8-18/h5-6,11H,1-4,7-10,16H2,(H,17,20). The summed E-state index contributed by atoms with van der Waals surface area (Å²) >= 11 is 0. The van der Waals surface area contributed by atoms with Crippen LogP contribution in [-0.4, -0.2) is 34.1 Å². The molecule has 0 aliphatic carbocycles. The molecule has 2 heterocycles. The number of nitrogens with zero attached hydrogens (tertiary/aromatic N) is 2. The van der Waals surface area contributed by atoms with Crippen molar-refractivity contribution in [3.63, 3.8) is 0 Å². The van der Waals surface area contributed by atoms with E-state index in [0.717, 1.165) is 37.0 Å². The Morgan fingerprint density at radius 3 is 2.70 bits per heavy atom. The van der Waals surface area contributed by atoms with E-state index in [1.165, 1.54) is 25.9 Å². The van der Waals surface area contributed by atoms with Crippen molar-refractivity contribution in [1.82, 2.24) is 14.5 Å². The number of H-pyrrole nitrogens is 1. The van der Waals surface area contributed by atoms with Gasteiger partial charge in [-0.1, -0.05) is 0 Å². The Balaban J connectivity index is 1.62. The molecule has 5 nitrogen and oxygen atoms in total. The van der Waals surface area contributed by atoms with E-state index < -0.39 is 0 Å². The van der Waals surface area contributed by atoms with Crippen molar-refractivity contribution in [2.45, 2.75) is 32.2 Å². The minimum Gasteiger partial charge on any atom is -0.399 e. The third kappa shape index (κ3) is 2.72. The van der Waals surface area contributed by atoms with Crippen molar-refractivity contribution in [3.05, 3.63) is 28.7 Å². The summed E-state index contributed by atoms with van der Waals surface area (Å²) in [5.41, 5.74) is 8.16. The van der Waals surface area contributed by atoms with E-state index in [9.17, 15) is 4.79 Å². The summed E-state index contributed by atoms with van der Waals surface area (Å²) < 4.78 is 1.82. The Morgan fingerprint density at radius 2 is 1.90 bits per heavy atom. The maximum absolute atomic E-state index is 12.0. The predicted molar refractivity (Wildman–Crippen MR) is 81.9 cm³/mol. The third-order valence-corrected chi connectivity index (χ3v) is 4.10. The molecule has 1 fully saturated rings. The lowest BCUT2D eigenvalue weighted by Gasteiger charge is -2.13. The zero-order valence-electron chi connectivity index (χ0n) is 11.8. The van der Waals surface area contributed by atoms with Crippen LogP contribution in [0.2, 0.25) is 0 Å². The zero-order chi connectivity index (χ0) is 13.9. The first-order valence-electron chi connectivity index (χ1n) is 7.44. The molecule has 1 saturated heterocycles. The van der Waals surface area contributed by atoms with Gasteiger partial charge in [0.2, 0.25) is 0 Å². The fourth-order valence-corrected chi connectivity index (χ4v) is 3.01. The lowest BCUT2D eigenvalue weighted by molar-refractivity contribution is 0.326. The van der Waals surface area contributed by atoms with Gasteiger partial charge in [-0.15, -0.1) is 0 Å². The topological polar surface area (TPSA) is 67.0 Å². The van der Waals surface area contributed by atoms with Crippen LogP contribution < -0.4 is 11.4 Å². The van der Waals surface area contributed by atoms with Crippen LogP contribution in [0.3, 0.4) is 0 Å². The lowest BCUT2D eigenvalue weighted by Crippen LogP contribution is -2.21. The highest BCUT2D eigenvalue weighted by molar-refractivity contribution is 5.78. The molecule has 0 saturated carbocycles. The Hall–Kier alpha value is -1.75. The van der Waals surface area contributed by atoms with Crippen LogP contribution >= 0.6 is 0 Å². The van der Waals surface area contributed by atoms with E-state index in [4.69, 9.17) is 5.73 Å². The Bertz CT molecular complexity index is 637. The number of aromatic nitrogens is 2. The van der Waals surface area contributed by atoms with Crippen molar-refractivity contribution >= 4 is 16.7 Å². The smallest absolute Gasteiger partial charge is 0.326 e. The molecule has 1 aromatic carbocycles.